The number of nitrogens with one attached hydrogen (secondary N) is 1. The number of ether oxygens (including phenoxy) is 1. The van der Waals surface area contributed by atoms with Gasteiger partial charge in [-0.05, 0) is 19.9 Å². The molecule has 0 aliphatic heterocycles. The smallest absolute Gasteiger partial charge is 0.229 e. The molecule has 0 unspecified atom stereocenters. The molecule has 25 heavy (non-hydrogen) atoms. The number of hydrogen-bond donors (Lipinski definition) is 1. The molecule has 0 spiro atoms. The number of aromatic nitrogens is 4. The second kappa shape index (κ2) is 7.40. The van der Waals surface area contributed by atoms with Gasteiger partial charge in [-0.2, -0.15) is 0 Å². The fraction of sp³-hybridized carbons (Fsp3) is 0.333. The molecule has 0 aliphatic rings. The van der Waals surface area contributed by atoms with E-state index in [9.17, 15) is 4.79 Å². The number of hydrogen-bond acceptors (Lipinski definition) is 5. The van der Waals surface area contributed by atoms with Crippen molar-refractivity contribution in [2.45, 2.75) is 26.4 Å². The van der Waals surface area contributed by atoms with Gasteiger partial charge in [0.05, 0.1) is 42.9 Å². The minimum absolute atomic E-state index is 0.107. The van der Waals surface area contributed by atoms with Gasteiger partial charge in [-0.15, -0.1) is 0 Å². The van der Waals surface area contributed by atoms with Gasteiger partial charge < -0.3 is 9.30 Å². The summed E-state index contributed by atoms with van der Waals surface area (Å²) in [6, 6.07) is 5.93. The van der Waals surface area contributed by atoms with Gasteiger partial charge in [0.1, 0.15) is 0 Å². The third-order valence-corrected chi connectivity index (χ3v) is 3.73. The van der Waals surface area contributed by atoms with Crippen molar-refractivity contribution in [2.24, 2.45) is 7.05 Å². The van der Waals surface area contributed by atoms with Gasteiger partial charge in [-0.25, -0.2) is 15.0 Å². The number of benzene rings is 1. The van der Waals surface area contributed by atoms with Crippen LogP contribution in [0, 0.1) is 0 Å². The molecule has 1 N–H and O–H groups in total. The molecule has 1 amide bonds. The van der Waals surface area contributed by atoms with E-state index in [0.717, 1.165) is 22.2 Å². The topological polar surface area (TPSA) is 81.9 Å². The number of imidazole rings is 1. The Bertz CT molecular complexity index is 888. The van der Waals surface area contributed by atoms with Gasteiger partial charge >= 0.3 is 0 Å². The third-order valence-electron chi connectivity index (χ3n) is 3.73. The van der Waals surface area contributed by atoms with Gasteiger partial charge in [-0.1, -0.05) is 12.1 Å². The molecule has 7 nitrogen and oxygen atoms in total. The quantitative estimate of drug-likeness (QED) is 0.747. The van der Waals surface area contributed by atoms with Crippen molar-refractivity contribution in [2.75, 3.05) is 11.9 Å². The Kier molecular flexibility index (Phi) is 5.04. The number of nitrogens with zero attached hydrogens (tertiary/aromatic N) is 4. The normalized spacial score (nSPS) is 11.2. The standard InChI is InChI=1S/C18H21N5O2/c1-12(2)25-7-6-17(24)22-18-20-9-14-5-4-13(8-15(14)21-18)16-10-19-11-23(16)3/h4-5,8-12H,6-7H2,1-3H3,(H,20,21,22,24). The average molecular weight is 339 g/mol. The molecule has 0 saturated heterocycles. The van der Waals surface area contributed by atoms with Crippen molar-refractivity contribution in [3.05, 3.63) is 36.9 Å². The first-order chi connectivity index (χ1) is 12.0. The van der Waals surface area contributed by atoms with E-state index in [1.54, 1.807) is 18.7 Å². The summed E-state index contributed by atoms with van der Waals surface area (Å²) in [5.41, 5.74) is 2.77. The van der Waals surface area contributed by atoms with Crippen molar-refractivity contribution >= 4 is 22.8 Å². The van der Waals surface area contributed by atoms with Crippen LogP contribution in [0.1, 0.15) is 20.3 Å². The van der Waals surface area contributed by atoms with Crippen LogP contribution in [-0.2, 0) is 16.6 Å². The Morgan fingerprint density at radius 1 is 1.32 bits per heavy atom. The first-order valence-electron chi connectivity index (χ1n) is 8.18. The van der Waals surface area contributed by atoms with Crippen LogP contribution in [0.25, 0.3) is 22.2 Å². The molecule has 0 atom stereocenters. The number of amides is 1. The molecular formula is C18H21N5O2. The van der Waals surface area contributed by atoms with Crippen molar-refractivity contribution in [3.8, 4) is 11.3 Å². The number of anilines is 1. The molecule has 1 aromatic carbocycles. The zero-order valence-corrected chi connectivity index (χ0v) is 14.6. The van der Waals surface area contributed by atoms with E-state index in [1.807, 2.05) is 43.7 Å². The minimum Gasteiger partial charge on any atom is -0.378 e. The average Bonchev–Trinajstić information content (AvgIpc) is 3.00. The zero-order chi connectivity index (χ0) is 17.8. The van der Waals surface area contributed by atoms with Crippen LogP contribution < -0.4 is 5.32 Å². The van der Waals surface area contributed by atoms with Gasteiger partial charge in [0.25, 0.3) is 0 Å². The number of carbonyl (C=O) groups is 1. The molecule has 0 fully saturated rings. The van der Waals surface area contributed by atoms with Crippen molar-refractivity contribution in [1.82, 2.24) is 19.5 Å². The summed E-state index contributed by atoms with van der Waals surface area (Å²) in [6.07, 6.45) is 5.64. The lowest BCUT2D eigenvalue weighted by Crippen LogP contribution is -2.17. The van der Waals surface area contributed by atoms with E-state index in [0.29, 0.717) is 12.6 Å². The number of carbonyl (C=O) groups excluding carboxylic acids is 1. The molecule has 0 aliphatic carbocycles. The highest BCUT2D eigenvalue weighted by Gasteiger charge is 2.08. The lowest BCUT2D eigenvalue weighted by Gasteiger charge is -2.08. The van der Waals surface area contributed by atoms with Gasteiger partial charge in [-0.3, -0.25) is 10.1 Å². The fourth-order valence-corrected chi connectivity index (χ4v) is 2.45. The maximum Gasteiger partial charge on any atom is 0.229 e. The maximum absolute atomic E-state index is 11.9. The van der Waals surface area contributed by atoms with Gasteiger partial charge in [0.15, 0.2) is 0 Å². The van der Waals surface area contributed by atoms with Crippen LogP contribution >= 0.6 is 0 Å². The highest BCUT2D eigenvalue weighted by Crippen LogP contribution is 2.23. The van der Waals surface area contributed by atoms with E-state index in [1.165, 1.54) is 0 Å². The summed E-state index contributed by atoms with van der Waals surface area (Å²) in [4.78, 5) is 24.7. The van der Waals surface area contributed by atoms with Crippen LogP contribution in [-0.4, -0.2) is 38.1 Å². The summed E-state index contributed by atoms with van der Waals surface area (Å²) in [6.45, 7) is 4.25. The number of aryl methyl sites for hydroxylation is 1. The molecule has 0 radical (unpaired) electrons. The summed E-state index contributed by atoms with van der Waals surface area (Å²) in [5, 5.41) is 3.62. The van der Waals surface area contributed by atoms with Crippen LogP contribution in [0.5, 0.6) is 0 Å². The Morgan fingerprint density at radius 2 is 2.16 bits per heavy atom. The summed E-state index contributed by atoms with van der Waals surface area (Å²) >= 11 is 0. The summed E-state index contributed by atoms with van der Waals surface area (Å²) < 4.78 is 7.32. The Balaban J connectivity index is 1.77. The van der Waals surface area contributed by atoms with Crippen molar-refractivity contribution in [3.63, 3.8) is 0 Å². The van der Waals surface area contributed by atoms with Gasteiger partial charge in [0.2, 0.25) is 11.9 Å². The number of fused-ring (bicyclic) bond motifs is 1. The Morgan fingerprint density at radius 3 is 2.88 bits per heavy atom. The fourth-order valence-electron chi connectivity index (χ4n) is 2.45. The molecular weight excluding hydrogens is 318 g/mol. The van der Waals surface area contributed by atoms with E-state index >= 15 is 0 Å². The van der Waals surface area contributed by atoms with Crippen LogP contribution in [0.3, 0.4) is 0 Å². The van der Waals surface area contributed by atoms with E-state index in [-0.39, 0.29) is 18.4 Å². The van der Waals surface area contributed by atoms with Gasteiger partial charge in [0, 0.05) is 24.2 Å². The van der Waals surface area contributed by atoms with Crippen LogP contribution in [0.2, 0.25) is 0 Å². The summed E-state index contributed by atoms with van der Waals surface area (Å²) in [5.74, 6) is 0.131. The highest BCUT2D eigenvalue weighted by atomic mass is 16.5. The largest absolute Gasteiger partial charge is 0.378 e. The maximum atomic E-state index is 11.9. The predicted molar refractivity (Wildman–Crippen MR) is 96.1 cm³/mol. The van der Waals surface area contributed by atoms with Crippen LogP contribution in [0.4, 0.5) is 5.95 Å². The second-order valence-electron chi connectivity index (χ2n) is 6.07. The van der Waals surface area contributed by atoms with E-state index in [2.05, 4.69) is 20.3 Å². The second-order valence-corrected chi connectivity index (χ2v) is 6.07. The monoisotopic (exact) mass is 339 g/mol. The first kappa shape index (κ1) is 17.0. The molecule has 2 heterocycles. The molecule has 130 valence electrons. The van der Waals surface area contributed by atoms with Crippen molar-refractivity contribution < 1.29 is 9.53 Å². The van der Waals surface area contributed by atoms with Crippen LogP contribution in [0.15, 0.2) is 36.9 Å². The van der Waals surface area contributed by atoms with Crippen molar-refractivity contribution in [1.29, 1.82) is 0 Å². The SMILES string of the molecule is CC(C)OCCC(=O)Nc1ncc2ccc(-c3cncn3C)cc2n1. The third kappa shape index (κ3) is 4.19. The minimum atomic E-state index is -0.164. The van der Waals surface area contributed by atoms with E-state index in [4.69, 9.17) is 4.74 Å². The molecule has 3 rings (SSSR count). The predicted octanol–water partition coefficient (Wildman–Crippen LogP) is 2.78. The molecule has 0 saturated carbocycles. The first-order valence-corrected chi connectivity index (χ1v) is 8.18. The summed E-state index contributed by atoms with van der Waals surface area (Å²) in [7, 11) is 1.94. The molecule has 7 heteroatoms. The lowest BCUT2D eigenvalue weighted by molar-refractivity contribution is -0.117. The van der Waals surface area contributed by atoms with E-state index < -0.39 is 0 Å². The highest BCUT2D eigenvalue weighted by molar-refractivity contribution is 5.90. The zero-order valence-electron chi connectivity index (χ0n) is 14.6. The lowest BCUT2D eigenvalue weighted by atomic mass is 10.1. The molecule has 0 bridgehead atoms. The number of rotatable bonds is 6. The Hall–Kier alpha value is -2.80. The Labute approximate surface area is 146 Å². The molecule has 3 aromatic rings. The molecule has 2 aromatic heterocycles.